The lowest BCUT2D eigenvalue weighted by molar-refractivity contribution is 0.392. The Morgan fingerprint density at radius 2 is 2.21 bits per heavy atom. The van der Waals surface area contributed by atoms with Crippen molar-refractivity contribution in [3.63, 3.8) is 0 Å². The van der Waals surface area contributed by atoms with E-state index in [-0.39, 0.29) is 11.9 Å². The normalized spacial score (nSPS) is 12.6. The second-order valence-corrected chi connectivity index (χ2v) is 3.11. The standard InChI is InChI=1S/C11H16FNO/c1-4-9(13-2)11-8(12)6-5-7-10(11)14-3/h5-7,9,13H,4H2,1-3H3. The van der Waals surface area contributed by atoms with E-state index in [1.807, 2.05) is 14.0 Å². The summed E-state index contributed by atoms with van der Waals surface area (Å²) in [5.41, 5.74) is 0.611. The average molecular weight is 197 g/mol. The van der Waals surface area contributed by atoms with Gasteiger partial charge in [0.2, 0.25) is 0 Å². The van der Waals surface area contributed by atoms with E-state index in [1.165, 1.54) is 6.07 Å². The summed E-state index contributed by atoms with van der Waals surface area (Å²) in [4.78, 5) is 0. The summed E-state index contributed by atoms with van der Waals surface area (Å²) in [6.07, 6.45) is 0.827. The van der Waals surface area contributed by atoms with Gasteiger partial charge in [-0.1, -0.05) is 13.0 Å². The van der Waals surface area contributed by atoms with Crippen molar-refractivity contribution in [1.29, 1.82) is 0 Å². The van der Waals surface area contributed by atoms with Crippen molar-refractivity contribution in [2.45, 2.75) is 19.4 Å². The minimum Gasteiger partial charge on any atom is -0.496 e. The maximum absolute atomic E-state index is 13.5. The Hall–Kier alpha value is -1.09. The van der Waals surface area contributed by atoms with Crippen LogP contribution < -0.4 is 10.1 Å². The molecule has 0 bridgehead atoms. The molecule has 1 rings (SSSR count). The van der Waals surface area contributed by atoms with Gasteiger partial charge < -0.3 is 10.1 Å². The largest absolute Gasteiger partial charge is 0.496 e. The van der Waals surface area contributed by atoms with Gasteiger partial charge in [0.15, 0.2) is 0 Å². The molecule has 0 spiro atoms. The van der Waals surface area contributed by atoms with E-state index >= 15 is 0 Å². The molecule has 0 aromatic heterocycles. The lowest BCUT2D eigenvalue weighted by atomic mass is 10.0. The van der Waals surface area contributed by atoms with Gasteiger partial charge in [-0.2, -0.15) is 0 Å². The van der Waals surface area contributed by atoms with Crippen LogP contribution in [-0.4, -0.2) is 14.2 Å². The number of nitrogens with one attached hydrogen (secondary N) is 1. The molecule has 0 aliphatic rings. The predicted molar refractivity (Wildman–Crippen MR) is 55.0 cm³/mol. The van der Waals surface area contributed by atoms with Gasteiger partial charge in [0.05, 0.1) is 7.11 Å². The zero-order valence-electron chi connectivity index (χ0n) is 8.80. The molecule has 0 aliphatic carbocycles. The molecule has 0 saturated heterocycles. The molecule has 1 aromatic rings. The third-order valence-corrected chi connectivity index (χ3v) is 2.34. The summed E-state index contributed by atoms with van der Waals surface area (Å²) in [5.74, 6) is 0.386. The summed E-state index contributed by atoms with van der Waals surface area (Å²) in [5, 5.41) is 3.06. The first-order valence-corrected chi connectivity index (χ1v) is 4.74. The molecule has 14 heavy (non-hydrogen) atoms. The zero-order valence-corrected chi connectivity index (χ0v) is 8.80. The molecule has 1 aromatic carbocycles. The lowest BCUT2D eigenvalue weighted by Gasteiger charge is -2.18. The molecular formula is C11H16FNO. The highest BCUT2D eigenvalue weighted by Crippen LogP contribution is 2.29. The Balaban J connectivity index is 3.14. The summed E-state index contributed by atoms with van der Waals surface area (Å²) in [6.45, 7) is 2.01. The number of benzene rings is 1. The molecule has 0 saturated carbocycles. The first kappa shape index (κ1) is 11.0. The van der Waals surface area contributed by atoms with Crippen molar-refractivity contribution in [3.8, 4) is 5.75 Å². The van der Waals surface area contributed by atoms with Crippen LogP contribution in [0.15, 0.2) is 18.2 Å². The number of hydrogen-bond acceptors (Lipinski definition) is 2. The van der Waals surface area contributed by atoms with Gasteiger partial charge in [0.1, 0.15) is 11.6 Å². The van der Waals surface area contributed by atoms with Crippen molar-refractivity contribution in [3.05, 3.63) is 29.6 Å². The maximum Gasteiger partial charge on any atom is 0.131 e. The zero-order chi connectivity index (χ0) is 10.6. The van der Waals surface area contributed by atoms with Crippen LogP contribution in [0.1, 0.15) is 24.9 Å². The summed E-state index contributed by atoms with van der Waals surface area (Å²) in [6, 6.07) is 4.89. The smallest absolute Gasteiger partial charge is 0.131 e. The van der Waals surface area contributed by atoms with Crippen LogP contribution in [0.5, 0.6) is 5.75 Å². The molecular weight excluding hydrogens is 181 g/mol. The third-order valence-electron chi connectivity index (χ3n) is 2.34. The Morgan fingerprint density at radius 1 is 1.50 bits per heavy atom. The van der Waals surface area contributed by atoms with Gasteiger partial charge in [0, 0.05) is 11.6 Å². The van der Waals surface area contributed by atoms with E-state index < -0.39 is 0 Å². The van der Waals surface area contributed by atoms with Crippen LogP contribution in [0, 0.1) is 5.82 Å². The summed E-state index contributed by atoms with van der Waals surface area (Å²) >= 11 is 0. The SMILES string of the molecule is CCC(NC)c1c(F)cccc1OC. The van der Waals surface area contributed by atoms with Crippen LogP contribution in [0.2, 0.25) is 0 Å². The Kier molecular flexibility index (Phi) is 3.89. The van der Waals surface area contributed by atoms with Crippen LogP contribution in [0.4, 0.5) is 4.39 Å². The Bertz CT molecular complexity index is 297. The highest BCUT2D eigenvalue weighted by Gasteiger charge is 2.16. The first-order valence-electron chi connectivity index (χ1n) is 4.74. The Labute approximate surface area is 84.1 Å². The maximum atomic E-state index is 13.5. The molecule has 3 heteroatoms. The van der Waals surface area contributed by atoms with Crippen LogP contribution >= 0.6 is 0 Å². The van der Waals surface area contributed by atoms with E-state index in [9.17, 15) is 4.39 Å². The van der Waals surface area contributed by atoms with Gasteiger partial charge in [-0.3, -0.25) is 0 Å². The van der Waals surface area contributed by atoms with E-state index in [1.54, 1.807) is 19.2 Å². The minimum absolute atomic E-state index is 0.00569. The van der Waals surface area contributed by atoms with E-state index in [4.69, 9.17) is 4.74 Å². The highest BCUT2D eigenvalue weighted by molar-refractivity contribution is 5.37. The number of hydrogen-bond donors (Lipinski definition) is 1. The molecule has 0 heterocycles. The summed E-state index contributed by atoms with van der Waals surface area (Å²) in [7, 11) is 3.38. The molecule has 78 valence electrons. The first-order chi connectivity index (χ1) is 6.74. The Morgan fingerprint density at radius 3 is 2.71 bits per heavy atom. The van der Waals surface area contributed by atoms with E-state index in [0.29, 0.717) is 11.3 Å². The van der Waals surface area contributed by atoms with Gasteiger partial charge in [-0.15, -0.1) is 0 Å². The topological polar surface area (TPSA) is 21.3 Å². The van der Waals surface area contributed by atoms with Crippen LogP contribution in [0.3, 0.4) is 0 Å². The average Bonchev–Trinajstić information content (AvgIpc) is 2.22. The fourth-order valence-electron chi connectivity index (χ4n) is 1.59. The van der Waals surface area contributed by atoms with Crippen molar-refractivity contribution in [2.24, 2.45) is 0 Å². The second kappa shape index (κ2) is 4.96. The molecule has 0 amide bonds. The van der Waals surface area contributed by atoms with Gasteiger partial charge in [0.25, 0.3) is 0 Å². The van der Waals surface area contributed by atoms with E-state index in [2.05, 4.69) is 5.32 Å². The number of ether oxygens (including phenoxy) is 1. The fourth-order valence-corrected chi connectivity index (χ4v) is 1.59. The summed E-state index contributed by atoms with van der Waals surface area (Å²) < 4.78 is 18.7. The number of methoxy groups -OCH3 is 1. The van der Waals surface area contributed by atoms with Crippen molar-refractivity contribution in [1.82, 2.24) is 5.32 Å². The molecule has 1 unspecified atom stereocenters. The molecule has 0 radical (unpaired) electrons. The molecule has 0 fully saturated rings. The predicted octanol–water partition coefficient (Wildman–Crippen LogP) is 2.50. The van der Waals surface area contributed by atoms with Crippen molar-refractivity contribution >= 4 is 0 Å². The highest BCUT2D eigenvalue weighted by atomic mass is 19.1. The molecule has 1 N–H and O–H groups in total. The molecule has 1 atom stereocenters. The van der Waals surface area contributed by atoms with Gasteiger partial charge in [-0.25, -0.2) is 4.39 Å². The van der Waals surface area contributed by atoms with Crippen molar-refractivity contribution in [2.75, 3.05) is 14.2 Å². The second-order valence-electron chi connectivity index (χ2n) is 3.11. The fraction of sp³-hybridized carbons (Fsp3) is 0.455. The third kappa shape index (κ3) is 2.04. The number of rotatable bonds is 4. The van der Waals surface area contributed by atoms with Gasteiger partial charge in [-0.05, 0) is 25.6 Å². The lowest BCUT2D eigenvalue weighted by Crippen LogP contribution is -2.17. The van der Waals surface area contributed by atoms with E-state index in [0.717, 1.165) is 6.42 Å². The van der Waals surface area contributed by atoms with Crippen LogP contribution in [-0.2, 0) is 0 Å². The monoisotopic (exact) mass is 197 g/mol. The van der Waals surface area contributed by atoms with Crippen LogP contribution in [0.25, 0.3) is 0 Å². The molecule has 0 aliphatic heterocycles. The minimum atomic E-state index is -0.217. The van der Waals surface area contributed by atoms with Crippen molar-refractivity contribution < 1.29 is 9.13 Å². The molecule has 2 nitrogen and oxygen atoms in total. The number of halogens is 1. The van der Waals surface area contributed by atoms with Gasteiger partial charge >= 0.3 is 0 Å². The quantitative estimate of drug-likeness (QED) is 0.800.